The Balaban J connectivity index is 2.22. The number of unbranched alkanes of at least 4 members (excludes halogenated alkanes) is 1. The lowest BCUT2D eigenvalue weighted by Crippen LogP contribution is -2.30. The normalized spacial score (nSPS) is 10.6. The number of anilines is 1. The van der Waals surface area contributed by atoms with E-state index in [0.29, 0.717) is 11.5 Å². The number of benzene rings is 1. The molecule has 0 spiro atoms. The van der Waals surface area contributed by atoms with Crippen LogP contribution in [0.3, 0.4) is 0 Å². The fourth-order valence-corrected chi connectivity index (χ4v) is 2.67. The van der Waals surface area contributed by atoms with Gasteiger partial charge in [0, 0.05) is 32.7 Å². The van der Waals surface area contributed by atoms with Crippen LogP contribution in [-0.4, -0.2) is 40.9 Å². The fourth-order valence-electron chi connectivity index (χ4n) is 2.67. The fraction of sp³-hybridized carbons (Fsp3) is 0.450. The van der Waals surface area contributed by atoms with Crippen molar-refractivity contribution in [3.8, 4) is 0 Å². The largest absolute Gasteiger partial charge is 0.352 e. The molecule has 1 aromatic heterocycles. The molecule has 0 radical (unpaired) electrons. The minimum absolute atomic E-state index is 0.0454. The summed E-state index contributed by atoms with van der Waals surface area (Å²) in [5.41, 5.74) is 1.68. The zero-order valence-electron chi connectivity index (χ0n) is 15.7. The minimum Gasteiger partial charge on any atom is -0.352 e. The van der Waals surface area contributed by atoms with Crippen LogP contribution in [-0.2, 0) is 6.54 Å². The van der Waals surface area contributed by atoms with Crippen molar-refractivity contribution >= 4 is 11.7 Å². The molecule has 5 nitrogen and oxygen atoms in total. The second-order valence-corrected chi connectivity index (χ2v) is 6.24. The van der Waals surface area contributed by atoms with Gasteiger partial charge in [0.1, 0.15) is 17.3 Å². The molecule has 1 aromatic carbocycles. The van der Waals surface area contributed by atoms with E-state index >= 15 is 0 Å². The summed E-state index contributed by atoms with van der Waals surface area (Å²) in [6.45, 7) is 8.36. The number of hydrogen-bond acceptors (Lipinski definition) is 4. The van der Waals surface area contributed by atoms with Crippen LogP contribution >= 0.6 is 0 Å². The van der Waals surface area contributed by atoms with Crippen molar-refractivity contribution in [1.29, 1.82) is 0 Å². The third kappa shape index (κ3) is 5.28. The van der Waals surface area contributed by atoms with Gasteiger partial charge in [-0.05, 0) is 25.8 Å². The van der Waals surface area contributed by atoms with E-state index in [2.05, 4.69) is 40.8 Å². The number of aryl methyl sites for hydroxylation is 1. The van der Waals surface area contributed by atoms with Crippen LogP contribution in [0.2, 0.25) is 0 Å². The summed E-state index contributed by atoms with van der Waals surface area (Å²) in [5, 5.41) is 0. The molecular weight excluding hydrogens is 312 g/mol. The minimum atomic E-state index is -0.0454. The van der Waals surface area contributed by atoms with Crippen molar-refractivity contribution in [2.75, 3.05) is 25.0 Å². The van der Waals surface area contributed by atoms with Crippen LogP contribution in [0.1, 0.15) is 48.6 Å². The highest BCUT2D eigenvalue weighted by Crippen LogP contribution is 2.17. The SMILES string of the molecule is CCCCN(C)C(=O)c1cc(N(CC)Cc2ccccc2)nc(C)n1. The van der Waals surface area contributed by atoms with E-state index in [1.807, 2.05) is 38.2 Å². The lowest BCUT2D eigenvalue weighted by Gasteiger charge is -2.23. The Hall–Kier alpha value is -2.43. The zero-order valence-corrected chi connectivity index (χ0v) is 15.7. The number of rotatable bonds is 8. The van der Waals surface area contributed by atoms with Gasteiger partial charge < -0.3 is 9.80 Å². The van der Waals surface area contributed by atoms with Gasteiger partial charge in [0.15, 0.2) is 0 Å². The van der Waals surface area contributed by atoms with Crippen molar-refractivity contribution in [3.63, 3.8) is 0 Å². The zero-order chi connectivity index (χ0) is 18.2. The Morgan fingerprint density at radius 2 is 1.84 bits per heavy atom. The molecule has 0 atom stereocenters. The molecule has 0 aliphatic heterocycles. The van der Waals surface area contributed by atoms with E-state index in [0.717, 1.165) is 38.3 Å². The van der Waals surface area contributed by atoms with Gasteiger partial charge in [-0.2, -0.15) is 0 Å². The number of aromatic nitrogens is 2. The molecule has 0 unspecified atom stereocenters. The van der Waals surface area contributed by atoms with E-state index in [1.165, 1.54) is 5.56 Å². The van der Waals surface area contributed by atoms with Gasteiger partial charge in [-0.3, -0.25) is 4.79 Å². The molecule has 1 amide bonds. The van der Waals surface area contributed by atoms with Crippen LogP contribution in [0.5, 0.6) is 0 Å². The van der Waals surface area contributed by atoms with Gasteiger partial charge in [0.05, 0.1) is 0 Å². The molecule has 0 saturated heterocycles. The van der Waals surface area contributed by atoms with Gasteiger partial charge in [-0.25, -0.2) is 9.97 Å². The summed E-state index contributed by atoms with van der Waals surface area (Å²) in [6.07, 6.45) is 2.06. The lowest BCUT2D eigenvalue weighted by molar-refractivity contribution is 0.0787. The second kappa shape index (κ2) is 9.16. The Morgan fingerprint density at radius 1 is 1.12 bits per heavy atom. The molecule has 2 rings (SSSR count). The summed E-state index contributed by atoms with van der Waals surface area (Å²) < 4.78 is 0. The topological polar surface area (TPSA) is 49.3 Å². The molecule has 0 aliphatic carbocycles. The summed E-state index contributed by atoms with van der Waals surface area (Å²) in [6, 6.07) is 12.1. The van der Waals surface area contributed by atoms with E-state index in [1.54, 1.807) is 4.90 Å². The summed E-state index contributed by atoms with van der Waals surface area (Å²) in [7, 11) is 1.83. The predicted octanol–water partition coefficient (Wildman–Crippen LogP) is 3.68. The second-order valence-electron chi connectivity index (χ2n) is 6.24. The van der Waals surface area contributed by atoms with E-state index in [4.69, 9.17) is 0 Å². The molecule has 5 heteroatoms. The molecule has 0 bridgehead atoms. The third-order valence-electron chi connectivity index (χ3n) is 4.16. The highest BCUT2D eigenvalue weighted by molar-refractivity contribution is 5.92. The number of carbonyl (C=O) groups is 1. The monoisotopic (exact) mass is 340 g/mol. The maximum atomic E-state index is 12.6. The average molecular weight is 340 g/mol. The number of nitrogens with zero attached hydrogens (tertiary/aromatic N) is 4. The van der Waals surface area contributed by atoms with Crippen molar-refractivity contribution in [2.24, 2.45) is 0 Å². The highest BCUT2D eigenvalue weighted by atomic mass is 16.2. The Kier molecular flexibility index (Phi) is 6.92. The predicted molar refractivity (Wildman–Crippen MR) is 102 cm³/mol. The molecule has 1 heterocycles. The molecular formula is C20H28N4O. The quantitative estimate of drug-likeness (QED) is 0.735. The van der Waals surface area contributed by atoms with Gasteiger partial charge in [0.25, 0.3) is 5.91 Å². The average Bonchev–Trinajstić information content (AvgIpc) is 2.63. The summed E-state index contributed by atoms with van der Waals surface area (Å²) >= 11 is 0. The van der Waals surface area contributed by atoms with Gasteiger partial charge in [0.2, 0.25) is 0 Å². The van der Waals surface area contributed by atoms with Gasteiger partial charge >= 0.3 is 0 Å². The first-order valence-electron chi connectivity index (χ1n) is 8.95. The van der Waals surface area contributed by atoms with E-state index in [9.17, 15) is 4.79 Å². The number of amides is 1. The van der Waals surface area contributed by atoms with Crippen molar-refractivity contribution in [2.45, 2.75) is 40.2 Å². The van der Waals surface area contributed by atoms with E-state index < -0.39 is 0 Å². The van der Waals surface area contributed by atoms with E-state index in [-0.39, 0.29) is 5.91 Å². The Bertz CT molecular complexity index is 687. The molecule has 0 aliphatic rings. The molecule has 25 heavy (non-hydrogen) atoms. The Labute approximate surface area is 150 Å². The van der Waals surface area contributed by atoms with Crippen molar-refractivity contribution < 1.29 is 4.79 Å². The smallest absolute Gasteiger partial charge is 0.272 e. The Morgan fingerprint density at radius 3 is 2.48 bits per heavy atom. The third-order valence-corrected chi connectivity index (χ3v) is 4.16. The molecule has 2 aromatic rings. The molecule has 0 fully saturated rings. The van der Waals surface area contributed by atoms with Crippen molar-refractivity contribution in [3.05, 3.63) is 53.5 Å². The van der Waals surface area contributed by atoms with Crippen LogP contribution in [0.25, 0.3) is 0 Å². The first-order valence-corrected chi connectivity index (χ1v) is 8.95. The summed E-state index contributed by atoms with van der Waals surface area (Å²) in [5.74, 6) is 1.37. The first-order chi connectivity index (χ1) is 12.0. The van der Waals surface area contributed by atoms with Gasteiger partial charge in [-0.1, -0.05) is 43.7 Å². The van der Waals surface area contributed by atoms with Crippen molar-refractivity contribution in [1.82, 2.24) is 14.9 Å². The molecule has 134 valence electrons. The molecule has 0 saturated carbocycles. The van der Waals surface area contributed by atoms with Crippen LogP contribution in [0.4, 0.5) is 5.82 Å². The van der Waals surface area contributed by atoms with Crippen LogP contribution in [0, 0.1) is 6.92 Å². The van der Waals surface area contributed by atoms with Crippen LogP contribution < -0.4 is 4.90 Å². The standard InChI is InChI=1S/C20H28N4O/c1-5-7-13-23(4)20(25)18-14-19(22-16(3)21-18)24(6-2)15-17-11-9-8-10-12-17/h8-12,14H,5-7,13,15H2,1-4H3. The maximum absolute atomic E-state index is 12.6. The number of hydrogen-bond donors (Lipinski definition) is 0. The maximum Gasteiger partial charge on any atom is 0.272 e. The van der Waals surface area contributed by atoms with Crippen LogP contribution in [0.15, 0.2) is 36.4 Å². The summed E-state index contributed by atoms with van der Waals surface area (Å²) in [4.78, 5) is 25.4. The lowest BCUT2D eigenvalue weighted by atomic mass is 10.2. The first kappa shape index (κ1) is 18.9. The molecule has 0 N–H and O–H groups in total. The number of carbonyl (C=O) groups excluding carboxylic acids is 1. The van der Waals surface area contributed by atoms with Gasteiger partial charge in [-0.15, -0.1) is 0 Å². The highest BCUT2D eigenvalue weighted by Gasteiger charge is 2.17.